The molecular weight excluding hydrogens is 735 g/mol. The van der Waals surface area contributed by atoms with Gasteiger partial charge < -0.3 is 13.4 Å². The number of hydrogen-bond donors (Lipinski definition) is 0. The predicted octanol–water partition coefficient (Wildman–Crippen LogP) is 14.7. The van der Waals surface area contributed by atoms with E-state index in [0.717, 1.165) is 96.1 Å². The van der Waals surface area contributed by atoms with Crippen LogP contribution in [0.1, 0.15) is 36.5 Å². The molecule has 5 heteroatoms. The van der Waals surface area contributed by atoms with Gasteiger partial charge in [0.05, 0.1) is 22.4 Å². The average molecular weight is 772 g/mol. The molecule has 0 bridgehead atoms. The van der Waals surface area contributed by atoms with Crippen molar-refractivity contribution in [2.75, 3.05) is 0 Å². The Labute approximate surface area is 345 Å². The van der Waals surface area contributed by atoms with Gasteiger partial charge in [-0.2, -0.15) is 0 Å². The minimum absolute atomic E-state index is 0.652. The van der Waals surface area contributed by atoms with Gasteiger partial charge in [0, 0.05) is 49.1 Å². The van der Waals surface area contributed by atoms with Crippen molar-refractivity contribution in [1.29, 1.82) is 0 Å². The first-order valence-corrected chi connectivity index (χ1v) is 20.5. The highest BCUT2D eigenvalue weighted by Gasteiger charge is 2.22. The van der Waals surface area contributed by atoms with Crippen molar-refractivity contribution < 1.29 is 8.83 Å². The fourth-order valence-corrected chi connectivity index (χ4v) is 9.27. The van der Waals surface area contributed by atoms with E-state index in [1.807, 2.05) is 12.1 Å². The van der Waals surface area contributed by atoms with Crippen LogP contribution in [0.5, 0.6) is 0 Å². The van der Waals surface area contributed by atoms with Crippen molar-refractivity contribution in [3.8, 4) is 16.8 Å². The van der Waals surface area contributed by atoms with Crippen LogP contribution in [0.2, 0.25) is 0 Å². The number of fused-ring (bicyclic) bond motifs is 9. The number of para-hydroxylation sites is 3. The van der Waals surface area contributed by atoms with Crippen LogP contribution in [0.25, 0.3) is 88.2 Å². The van der Waals surface area contributed by atoms with E-state index in [0.29, 0.717) is 5.84 Å². The third-order valence-electron chi connectivity index (χ3n) is 12.1. The van der Waals surface area contributed by atoms with Crippen LogP contribution in [-0.4, -0.2) is 16.1 Å². The van der Waals surface area contributed by atoms with E-state index >= 15 is 0 Å². The number of hydrogen-bond acceptors (Lipinski definition) is 4. The van der Waals surface area contributed by atoms with E-state index in [1.54, 1.807) is 0 Å². The first kappa shape index (κ1) is 34.3. The molecule has 8 aromatic carbocycles. The summed E-state index contributed by atoms with van der Waals surface area (Å²) >= 11 is 0. The fraction of sp³-hybridized carbons (Fsp3) is 0.0545. The molecule has 1 aliphatic rings. The lowest BCUT2D eigenvalue weighted by atomic mass is 9.96. The molecule has 0 unspecified atom stereocenters. The molecule has 11 aromatic rings. The Kier molecular flexibility index (Phi) is 7.82. The zero-order chi connectivity index (χ0) is 39.7. The molecule has 60 heavy (non-hydrogen) atoms. The molecule has 0 saturated heterocycles. The van der Waals surface area contributed by atoms with Gasteiger partial charge in [0.15, 0.2) is 5.84 Å². The van der Waals surface area contributed by atoms with Crippen molar-refractivity contribution in [3.63, 3.8) is 0 Å². The summed E-state index contributed by atoms with van der Waals surface area (Å²) in [6, 6.07) is 63.9. The van der Waals surface area contributed by atoms with Crippen LogP contribution in [-0.2, 0) is 0 Å². The summed E-state index contributed by atoms with van der Waals surface area (Å²) in [5, 5.41) is 6.66. The molecule has 284 valence electrons. The first-order valence-electron chi connectivity index (χ1n) is 20.5. The minimum Gasteiger partial charge on any atom is -0.456 e. The number of aromatic nitrogens is 1. The SMILES string of the molecule is C/C1=C(c2ccc3c(c2)oc2ccccc23)/N=C(c2cccc3oc4ccc(-c5cccc6c5c5ccccc5n6-c5ccccc5)cc4c23)\N=C(\c2ccccc2)CC1. The van der Waals surface area contributed by atoms with Gasteiger partial charge in [-0.3, -0.25) is 0 Å². The number of benzene rings is 8. The van der Waals surface area contributed by atoms with Crippen molar-refractivity contribution >= 4 is 82.9 Å². The highest BCUT2D eigenvalue weighted by atomic mass is 16.3. The van der Waals surface area contributed by atoms with Crippen LogP contribution in [0.3, 0.4) is 0 Å². The lowest BCUT2D eigenvalue weighted by molar-refractivity contribution is 0.668. The molecule has 0 atom stereocenters. The molecule has 0 saturated carbocycles. The van der Waals surface area contributed by atoms with E-state index < -0.39 is 0 Å². The minimum atomic E-state index is 0.652. The molecule has 0 aliphatic carbocycles. The van der Waals surface area contributed by atoms with Gasteiger partial charge in [-0.15, -0.1) is 0 Å². The summed E-state index contributed by atoms with van der Waals surface area (Å²) in [4.78, 5) is 11.0. The van der Waals surface area contributed by atoms with Crippen molar-refractivity contribution in [1.82, 2.24) is 4.57 Å². The van der Waals surface area contributed by atoms with Gasteiger partial charge in [-0.1, -0.05) is 121 Å². The third kappa shape index (κ3) is 5.47. The molecule has 0 spiro atoms. The topological polar surface area (TPSA) is 55.9 Å². The fourth-order valence-electron chi connectivity index (χ4n) is 9.27. The Balaban J connectivity index is 1.08. The van der Waals surface area contributed by atoms with E-state index in [1.165, 1.54) is 32.9 Å². The number of nitrogens with zero attached hydrogens (tertiary/aromatic N) is 3. The van der Waals surface area contributed by atoms with Gasteiger partial charge in [0.1, 0.15) is 22.3 Å². The van der Waals surface area contributed by atoms with E-state index in [4.69, 9.17) is 18.8 Å². The maximum atomic E-state index is 6.64. The van der Waals surface area contributed by atoms with Crippen LogP contribution in [0.15, 0.2) is 206 Å². The highest BCUT2D eigenvalue weighted by Crippen LogP contribution is 2.42. The lowest BCUT2D eigenvalue weighted by Crippen LogP contribution is -2.10. The summed E-state index contributed by atoms with van der Waals surface area (Å²) < 4.78 is 15.4. The lowest BCUT2D eigenvalue weighted by Gasteiger charge is -2.17. The van der Waals surface area contributed by atoms with Crippen LogP contribution in [0.4, 0.5) is 0 Å². The van der Waals surface area contributed by atoms with E-state index in [-0.39, 0.29) is 0 Å². The summed E-state index contributed by atoms with van der Waals surface area (Å²) in [7, 11) is 0. The number of rotatable bonds is 5. The van der Waals surface area contributed by atoms with Crippen LogP contribution >= 0.6 is 0 Å². The van der Waals surface area contributed by atoms with Crippen molar-refractivity contribution in [3.05, 3.63) is 204 Å². The number of amidine groups is 1. The molecule has 0 N–H and O–H groups in total. The van der Waals surface area contributed by atoms with E-state index in [9.17, 15) is 0 Å². The summed E-state index contributed by atoms with van der Waals surface area (Å²) in [5.74, 6) is 0.652. The number of furan rings is 2. The first-order chi connectivity index (χ1) is 29.7. The average Bonchev–Trinajstić information content (AvgIpc) is 3.97. The van der Waals surface area contributed by atoms with Gasteiger partial charge in [-0.05, 0) is 103 Å². The van der Waals surface area contributed by atoms with Gasteiger partial charge >= 0.3 is 0 Å². The largest absolute Gasteiger partial charge is 0.456 e. The summed E-state index contributed by atoms with van der Waals surface area (Å²) in [5.41, 5.74) is 15.2. The molecule has 0 radical (unpaired) electrons. The molecule has 4 heterocycles. The quantitative estimate of drug-likeness (QED) is 0.175. The standard InChI is InChI=1S/C55H37N3O2/c1-34-26-30-45(35-14-4-2-5-15-35)56-55(57-54(34)37-27-29-41-40-18-9-11-24-48(40)60-51(41)33-37)43-21-13-25-50-53(43)44-32-36(28-31-49(44)59-50)39-20-12-23-47-52(39)42-19-8-10-22-46(42)58(47)38-16-6-3-7-17-38/h2-25,27-29,31-33H,26,30H2,1H3/b54-34-,56-45+,57-55-. The molecule has 5 nitrogen and oxygen atoms in total. The monoisotopic (exact) mass is 771 g/mol. The van der Waals surface area contributed by atoms with Crippen LogP contribution in [0, 0.1) is 0 Å². The predicted molar refractivity (Wildman–Crippen MR) is 249 cm³/mol. The van der Waals surface area contributed by atoms with Crippen molar-refractivity contribution in [2.45, 2.75) is 19.8 Å². The second-order valence-corrected chi connectivity index (χ2v) is 15.7. The molecule has 0 amide bonds. The summed E-state index contributed by atoms with van der Waals surface area (Å²) in [6.45, 7) is 2.20. The zero-order valence-electron chi connectivity index (χ0n) is 32.9. The van der Waals surface area contributed by atoms with Crippen molar-refractivity contribution in [2.24, 2.45) is 9.98 Å². The Bertz CT molecular complexity index is 3600. The summed E-state index contributed by atoms with van der Waals surface area (Å²) in [6.07, 6.45) is 1.60. The maximum Gasteiger partial charge on any atom is 0.160 e. The number of aliphatic imine (C=N–C) groups is 2. The third-order valence-corrected chi connectivity index (χ3v) is 12.1. The Morgan fingerprint density at radius 2 is 1.10 bits per heavy atom. The maximum absolute atomic E-state index is 6.64. The number of allylic oxidation sites excluding steroid dienone is 1. The highest BCUT2D eigenvalue weighted by molar-refractivity contribution is 6.23. The molecule has 12 rings (SSSR count). The molecular formula is C55H37N3O2. The van der Waals surface area contributed by atoms with Gasteiger partial charge in [0.25, 0.3) is 0 Å². The zero-order valence-corrected chi connectivity index (χ0v) is 32.9. The molecule has 3 aromatic heterocycles. The normalized spacial score (nSPS) is 16.7. The van der Waals surface area contributed by atoms with E-state index in [2.05, 4.69) is 181 Å². The van der Waals surface area contributed by atoms with Gasteiger partial charge in [0.2, 0.25) is 0 Å². The van der Waals surface area contributed by atoms with Gasteiger partial charge in [-0.25, -0.2) is 9.98 Å². The molecule has 1 aliphatic heterocycles. The Morgan fingerprint density at radius 3 is 1.98 bits per heavy atom. The Morgan fingerprint density at radius 1 is 0.433 bits per heavy atom. The Hall–Kier alpha value is -7.76. The second kappa shape index (κ2) is 13.7. The molecule has 0 fully saturated rings. The van der Waals surface area contributed by atoms with Crippen LogP contribution < -0.4 is 0 Å². The second-order valence-electron chi connectivity index (χ2n) is 15.7. The smallest absolute Gasteiger partial charge is 0.160 e.